The molecule has 3 aromatic rings. The number of benzene rings is 3. The summed E-state index contributed by atoms with van der Waals surface area (Å²) in [4.78, 5) is 60.8. The maximum absolute atomic E-state index is 11.9. The van der Waals surface area contributed by atoms with E-state index in [1.54, 1.807) is 39.5 Å². The van der Waals surface area contributed by atoms with Crippen LogP contribution in [0.2, 0.25) is 0 Å². The molecule has 0 atom stereocenters. The first-order chi connectivity index (χ1) is 26.0. The second kappa shape index (κ2) is 28.9. The largest absolute Gasteiger partial charge is 0.493 e. The number of ketones is 1. The number of carboxylic acid groups (broad SMARTS) is 1. The summed E-state index contributed by atoms with van der Waals surface area (Å²) in [7, 11) is 7.99. The third-order valence-corrected chi connectivity index (χ3v) is 7.26. The molecule has 0 aromatic heterocycles. The third-order valence-electron chi connectivity index (χ3n) is 7.26. The van der Waals surface area contributed by atoms with Gasteiger partial charge in [-0.25, -0.2) is 14.7 Å². The lowest BCUT2D eigenvalue weighted by Crippen LogP contribution is -2.28. The third kappa shape index (κ3) is 21.6. The van der Waals surface area contributed by atoms with Gasteiger partial charge >= 0.3 is 18.2 Å². The van der Waals surface area contributed by atoms with Gasteiger partial charge in [0.25, 0.3) is 0 Å². The van der Waals surface area contributed by atoms with E-state index >= 15 is 0 Å². The van der Waals surface area contributed by atoms with Gasteiger partial charge in [0.1, 0.15) is 13.2 Å². The number of hydroxylamine groups is 2. The molecule has 296 valence electrons. The first kappa shape index (κ1) is 46.4. The number of amides is 3. The Hall–Kier alpha value is -5.67. The fraction of sp³-hybridized carbons (Fsp3) is 0.410. The number of carbonyl (C=O) groups excluding carboxylic acids is 4. The van der Waals surface area contributed by atoms with Gasteiger partial charge in [-0.1, -0.05) is 60.7 Å². The Labute approximate surface area is 317 Å². The number of carbonyl (C=O) groups is 5. The average Bonchev–Trinajstić information content (AvgIpc) is 3.20. The maximum Gasteiger partial charge on any atom is 0.407 e. The summed E-state index contributed by atoms with van der Waals surface area (Å²) in [5.41, 5.74) is 2.51. The van der Waals surface area contributed by atoms with Gasteiger partial charge in [-0.3, -0.25) is 19.2 Å². The molecule has 0 heterocycles. The first-order valence-electron chi connectivity index (χ1n) is 17.4. The zero-order valence-corrected chi connectivity index (χ0v) is 31.8. The van der Waals surface area contributed by atoms with Crippen LogP contribution in [-0.2, 0) is 37.1 Å². The Balaban J connectivity index is 0.000000407. The van der Waals surface area contributed by atoms with E-state index in [2.05, 4.69) is 16.0 Å². The zero-order chi connectivity index (χ0) is 40.0. The highest BCUT2D eigenvalue weighted by atomic mass is 16.7. The van der Waals surface area contributed by atoms with Crippen LogP contribution < -0.4 is 25.4 Å². The minimum Gasteiger partial charge on any atom is -0.493 e. The molecule has 15 nitrogen and oxygen atoms in total. The van der Waals surface area contributed by atoms with Crippen molar-refractivity contribution < 1.29 is 52.9 Å². The number of aliphatic carboxylic acids is 1. The molecule has 0 aliphatic carbocycles. The first-order valence-corrected chi connectivity index (χ1v) is 17.4. The maximum atomic E-state index is 11.9. The van der Waals surface area contributed by atoms with Crippen LogP contribution in [0.5, 0.6) is 11.5 Å². The van der Waals surface area contributed by atoms with Crippen LogP contribution in [0.4, 0.5) is 9.59 Å². The molecule has 0 spiro atoms. The summed E-state index contributed by atoms with van der Waals surface area (Å²) in [5, 5.41) is 17.6. The molecule has 3 rings (SSSR count). The Morgan fingerprint density at radius 2 is 1.15 bits per heavy atom. The van der Waals surface area contributed by atoms with Gasteiger partial charge in [0.15, 0.2) is 17.3 Å². The number of hydrogen-bond donors (Lipinski definition) is 4. The Morgan fingerprint density at radius 3 is 1.61 bits per heavy atom. The summed E-state index contributed by atoms with van der Waals surface area (Å²) in [6.07, 6.45) is 1.64. The lowest BCUT2D eigenvalue weighted by molar-refractivity contribution is -0.168. The van der Waals surface area contributed by atoms with Gasteiger partial charge in [-0.05, 0) is 62.2 Å². The molecule has 0 bridgehead atoms. The molecule has 54 heavy (non-hydrogen) atoms. The van der Waals surface area contributed by atoms with Crippen molar-refractivity contribution in [3.05, 3.63) is 95.6 Å². The van der Waals surface area contributed by atoms with E-state index in [-0.39, 0.29) is 31.3 Å². The van der Waals surface area contributed by atoms with E-state index in [4.69, 9.17) is 28.9 Å². The molecule has 0 unspecified atom stereocenters. The molecule has 0 radical (unpaired) electrons. The van der Waals surface area contributed by atoms with E-state index in [0.717, 1.165) is 29.2 Å². The highest BCUT2D eigenvalue weighted by molar-refractivity contribution is 5.96. The van der Waals surface area contributed by atoms with Crippen molar-refractivity contribution in [2.75, 3.05) is 55.1 Å². The molecule has 0 saturated heterocycles. The van der Waals surface area contributed by atoms with Crippen molar-refractivity contribution in [1.29, 1.82) is 0 Å². The second-order valence-corrected chi connectivity index (χ2v) is 11.4. The quantitative estimate of drug-likeness (QED) is 0.0656. The van der Waals surface area contributed by atoms with Crippen LogP contribution in [-0.4, -0.2) is 95.1 Å². The number of Topliss-reactive ketones (excluding diaryl/α,β-unsaturated/α-hetero) is 1. The Bertz CT molecular complexity index is 1530. The van der Waals surface area contributed by atoms with Gasteiger partial charge in [-0.15, -0.1) is 0 Å². The van der Waals surface area contributed by atoms with E-state index in [0.29, 0.717) is 55.8 Å². The average molecular weight is 755 g/mol. The van der Waals surface area contributed by atoms with E-state index < -0.39 is 18.2 Å². The van der Waals surface area contributed by atoms with Crippen LogP contribution in [0.15, 0.2) is 78.9 Å². The number of rotatable bonds is 20. The number of alkyl carbamates (subject to hydrolysis) is 2. The van der Waals surface area contributed by atoms with Crippen LogP contribution in [0.3, 0.4) is 0 Å². The van der Waals surface area contributed by atoms with E-state index in [1.807, 2.05) is 67.7 Å². The Kier molecular flexibility index (Phi) is 24.8. The summed E-state index contributed by atoms with van der Waals surface area (Å²) >= 11 is 0. The van der Waals surface area contributed by atoms with Gasteiger partial charge < -0.3 is 40.0 Å². The molecule has 3 aromatic carbocycles. The van der Waals surface area contributed by atoms with Crippen molar-refractivity contribution in [2.45, 2.75) is 51.7 Å². The fourth-order valence-corrected chi connectivity index (χ4v) is 4.25. The van der Waals surface area contributed by atoms with Crippen LogP contribution >= 0.6 is 0 Å². The van der Waals surface area contributed by atoms with Crippen LogP contribution in [0, 0.1) is 0 Å². The minimum absolute atomic E-state index is 0.0406. The van der Waals surface area contributed by atoms with Crippen molar-refractivity contribution in [2.24, 2.45) is 0 Å². The van der Waals surface area contributed by atoms with Gasteiger partial charge in [-0.2, -0.15) is 0 Å². The van der Waals surface area contributed by atoms with Crippen molar-refractivity contribution >= 4 is 29.8 Å². The zero-order valence-electron chi connectivity index (χ0n) is 31.8. The van der Waals surface area contributed by atoms with Gasteiger partial charge in [0, 0.05) is 45.0 Å². The molecule has 0 aliphatic rings. The van der Waals surface area contributed by atoms with Crippen molar-refractivity contribution in [3.63, 3.8) is 0 Å². The standard InChI is InChI=1S/C14H20N2O4.C13H19NO3.C12H15NO4/c1-16(19-2)13(17)9-6-10-15-14(18)20-11-12-7-4-3-5-8-12;1-14-8-4-5-11(15)10-6-7-12(16-2)13(9-10)17-3;14-11(15)7-4-8-13-12(16)17-9-10-5-2-1-3-6-10/h3-5,7-8H,6,9-11H2,1-2H3,(H,15,18);6-7,9,14H,4-5,8H2,1-3H3;1-3,5-6H,4,7-9H2,(H,13,16)(H,14,15). The lowest BCUT2D eigenvalue weighted by Gasteiger charge is -2.13. The number of nitrogens with zero attached hydrogens (tertiary/aromatic N) is 1. The molecular formula is C39H54N4O11. The Morgan fingerprint density at radius 1 is 0.648 bits per heavy atom. The summed E-state index contributed by atoms with van der Waals surface area (Å²) in [5.74, 6) is 0.351. The molecular weight excluding hydrogens is 700 g/mol. The van der Waals surface area contributed by atoms with Gasteiger partial charge in [0.05, 0.1) is 21.3 Å². The molecule has 0 fully saturated rings. The minimum atomic E-state index is -0.871. The monoisotopic (exact) mass is 754 g/mol. The normalized spacial score (nSPS) is 9.87. The smallest absolute Gasteiger partial charge is 0.407 e. The molecule has 3 amide bonds. The second-order valence-electron chi connectivity index (χ2n) is 11.4. The topological polar surface area (TPSA) is 191 Å². The number of methoxy groups -OCH3 is 2. The molecule has 15 heteroatoms. The van der Waals surface area contributed by atoms with Crippen LogP contribution in [0.1, 0.15) is 60.0 Å². The predicted octanol–water partition coefficient (Wildman–Crippen LogP) is 5.38. The van der Waals surface area contributed by atoms with Crippen molar-refractivity contribution in [3.8, 4) is 11.5 Å². The van der Waals surface area contributed by atoms with E-state index in [9.17, 15) is 24.0 Å². The van der Waals surface area contributed by atoms with Gasteiger partial charge in [0.2, 0.25) is 5.91 Å². The number of hydrogen-bond acceptors (Lipinski definition) is 11. The number of ether oxygens (including phenoxy) is 4. The molecule has 0 aliphatic heterocycles. The summed E-state index contributed by atoms with van der Waals surface area (Å²) in [6, 6.07) is 24.0. The summed E-state index contributed by atoms with van der Waals surface area (Å²) < 4.78 is 20.3. The number of nitrogens with one attached hydrogen (secondary N) is 3. The van der Waals surface area contributed by atoms with Crippen molar-refractivity contribution in [1.82, 2.24) is 21.0 Å². The summed E-state index contributed by atoms with van der Waals surface area (Å²) in [6.45, 7) is 1.99. The van der Waals surface area contributed by atoms with E-state index in [1.165, 1.54) is 7.11 Å². The SMILES string of the molecule is CNCCCC(=O)c1ccc(OC)c(OC)c1.CON(C)C(=O)CCCNC(=O)OCc1ccccc1.O=C(O)CCCNC(=O)OCc1ccccc1. The highest BCUT2D eigenvalue weighted by Crippen LogP contribution is 2.28. The number of carboxylic acids is 1. The molecule has 0 saturated carbocycles. The lowest BCUT2D eigenvalue weighted by atomic mass is 10.1. The highest BCUT2D eigenvalue weighted by Gasteiger charge is 2.11. The fourth-order valence-electron chi connectivity index (χ4n) is 4.25. The predicted molar refractivity (Wildman–Crippen MR) is 202 cm³/mol. The van der Waals surface area contributed by atoms with Crippen LogP contribution in [0.25, 0.3) is 0 Å². The molecule has 4 N–H and O–H groups in total.